The van der Waals surface area contributed by atoms with Gasteiger partial charge in [0.1, 0.15) is 6.21 Å². The monoisotopic (exact) mass is 423 g/mol. The zero-order chi connectivity index (χ0) is 15.9. The Morgan fingerprint density at radius 3 is 2.14 bits per heavy atom. The molecule has 7 heteroatoms. The molecule has 0 amide bonds. The van der Waals surface area contributed by atoms with Gasteiger partial charge in [-0.3, -0.25) is 10.1 Å². The van der Waals surface area contributed by atoms with E-state index in [0.29, 0.717) is 5.69 Å². The van der Waals surface area contributed by atoms with E-state index in [0.717, 1.165) is 14.6 Å². The van der Waals surface area contributed by atoms with Crippen LogP contribution in [0.1, 0.15) is 0 Å². The van der Waals surface area contributed by atoms with Gasteiger partial charge in [0.05, 0.1) is 16.8 Å². The summed E-state index contributed by atoms with van der Waals surface area (Å²) < 4.78 is 1.86. The number of hydrogen-bond donors (Lipinski definition) is 1. The lowest BCUT2D eigenvalue weighted by atomic mass is 10.3. The Morgan fingerprint density at radius 1 is 1.05 bits per heavy atom. The van der Waals surface area contributed by atoms with Gasteiger partial charge in [0.25, 0.3) is 0 Å². The van der Waals surface area contributed by atoms with Crippen molar-refractivity contribution in [1.29, 1.82) is 0 Å². The zero-order valence-corrected chi connectivity index (χ0v) is 14.4. The van der Waals surface area contributed by atoms with Crippen LogP contribution in [0.2, 0.25) is 0 Å². The smallest absolute Gasteiger partial charge is 0.303 e. The van der Waals surface area contributed by atoms with Crippen molar-refractivity contribution in [2.45, 2.75) is 0 Å². The lowest BCUT2D eigenvalue weighted by Gasteiger charge is -2.00. The molecule has 112 valence electrons. The highest BCUT2D eigenvalue weighted by Gasteiger charge is 2.06. The number of anilines is 1. The molecule has 0 aromatic heterocycles. The van der Waals surface area contributed by atoms with Crippen LogP contribution in [0.5, 0.6) is 0 Å². The summed E-state index contributed by atoms with van der Waals surface area (Å²) in [5.41, 5.74) is 1.25. The molecule has 2 aromatic rings. The van der Waals surface area contributed by atoms with Gasteiger partial charge in [-0.2, -0.15) is 0 Å². The van der Waals surface area contributed by atoms with Crippen LogP contribution < -0.4 is 5.32 Å². The number of hydrogen-bond acceptors (Lipinski definition) is 4. The minimum atomic E-state index is -0.492. The molecule has 0 saturated carbocycles. The second kappa shape index (κ2) is 7.86. The van der Waals surface area contributed by atoms with Crippen molar-refractivity contribution < 1.29 is 4.92 Å². The maximum atomic E-state index is 11.0. The Balaban J connectivity index is 2.12. The van der Waals surface area contributed by atoms with E-state index in [4.69, 9.17) is 0 Å². The molecule has 22 heavy (non-hydrogen) atoms. The first kappa shape index (κ1) is 16.4. The quantitative estimate of drug-likeness (QED) is 0.410. The minimum Gasteiger partial charge on any atom is -0.356 e. The highest BCUT2D eigenvalue weighted by Crippen LogP contribution is 2.17. The molecule has 0 heterocycles. The average molecular weight is 425 g/mol. The van der Waals surface area contributed by atoms with E-state index in [1.165, 1.54) is 12.4 Å². The molecular formula is C15H11Br2N3O2. The Bertz CT molecular complexity index is 711. The predicted octanol–water partition coefficient (Wildman–Crippen LogP) is 5.14. The van der Waals surface area contributed by atoms with Crippen molar-refractivity contribution in [3.05, 3.63) is 79.5 Å². The Hall–Kier alpha value is -1.99. The number of benzene rings is 2. The van der Waals surface area contributed by atoms with Gasteiger partial charge in [-0.25, -0.2) is 4.99 Å². The Labute approximate surface area is 144 Å². The van der Waals surface area contributed by atoms with Gasteiger partial charge in [0.15, 0.2) is 0 Å². The highest BCUT2D eigenvalue weighted by molar-refractivity contribution is 9.10. The van der Waals surface area contributed by atoms with Gasteiger partial charge in [-0.05, 0) is 48.5 Å². The van der Waals surface area contributed by atoms with Crippen LogP contribution in [-0.2, 0) is 0 Å². The van der Waals surface area contributed by atoms with Crippen molar-refractivity contribution in [2.24, 2.45) is 4.99 Å². The van der Waals surface area contributed by atoms with Crippen LogP contribution in [-0.4, -0.2) is 11.1 Å². The van der Waals surface area contributed by atoms with Gasteiger partial charge >= 0.3 is 5.70 Å². The van der Waals surface area contributed by atoms with Gasteiger partial charge < -0.3 is 5.32 Å². The maximum Gasteiger partial charge on any atom is 0.303 e. The number of rotatable bonds is 5. The van der Waals surface area contributed by atoms with Crippen LogP contribution in [0, 0.1) is 10.1 Å². The second-order valence-corrected chi connectivity index (χ2v) is 6.04. The highest BCUT2D eigenvalue weighted by atomic mass is 79.9. The van der Waals surface area contributed by atoms with Crippen LogP contribution in [0.25, 0.3) is 0 Å². The lowest BCUT2D eigenvalue weighted by molar-refractivity contribution is -0.414. The SMILES string of the molecule is O=[N+]([O-])/C(C=Nc1ccc(Br)cc1)=C/Nc1ccc(Br)cc1. The fourth-order valence-corrected chi connectivity index (χ4v) is 2.04. The number of aliphatic imine (C=N–C) groups is 1. The first-order chi connectivity index (χ1) is 10.5. The molecular weight excluding hydrogens is 414 g/mol. The molecule has 0 aliphatic heterocycles. The maximum absolute atomic E-state index is 11.0. The van der Waals surface area contributed by atoms with E-state index in [2.05, 4.69) is 42.2 Å². The van der Waals surface area contributed by atoms with Crippen LogP contribution >= 0.6 is 31.9 Å². The van der Waals surface area contributed by atoms with E-state index < -0.39 is 4.92 Å². The summed E-state index contributed by atoms with van der Waals surface area (Å²) in [6.07, 6.45) is 2.53. The van der Waals surface area contributed by atoms with Crippen molar-refractivity contribution in [3.8, 4) is 0 Å². The average Bonchev–Trinajstić information content (AvgIpc) is 2.50. The van der Waals surface area contributed by atoms with E-state index in [1.54, 1.807) is 12.1 Å². The van der Waals surface area contributed by atoms with Crippen molar-refractivity contribution in [3.63, 3.8) is 0 Å². The predicted molar refractivity (Wildman–Crippen MR) is 95.1 cm³/mol. The molecule has 0 spiro atoms. The topological polar surface area (TPSA) is 67.5 Å². The van der Waals surface area contributed by atoms with E-state index >= 15 is 0 Å². The summed E-state index contributed by atoms with van der Waals surface area (Å²) in [5.74, 6) is 0. The van der Waals surface area contributed by atoms with E-state index in [1.807, 2.05) is 36.4 Å². The molecule has 0 aliphatic rings. The number of nitrogens with one attached hydrogen (secondary N) is 1. The third kappa shape index (κ3) is 5.09. The van der Waals surface area contributed by atoms with Crippen LogP contribution in [0.15, 0.2) is 74.4 Å². The standard InChI is InChI=1S/C15H11Br2N3O2/c16-11-1-5-13(6-2-11)18-9-15(20(21)22)10-19-14-7-3-12(17)4-8-14/h1-10,18H/b15-9+,19-10?. The third-order valence-corrected chi connectivity index (χ3v) is 3.67. The Morgan fingerprint density at radius 2 is 1.59 bits per heavy atom. The van der Waals surface area contributed by atoms with Gasteiger partial charge in [-0.15, -0.1) is 0 Å². The summed E-state index contributed by atoms with van der Waals surface area (Å²) in [5, 5.41) is 13.9. The third-order valence-electron chi connectivity index (χ3n) is 2.61. The second-order valence-electron chi connectivity index (χ2n) is 4.21. The first-order valence-corrected chi connectivity index (χ1v) is 7.79. The number of nitro groups is 1. The number of nitrogens with zero attached hydrogens (tertiary/aromatic N) is 2. The van der Waals surface area contributed by atoms with Crippen LogP contribution in [0.4, 0.5) is 11.4 Å². The molecule has 0 radical (unpaired) electrons. The summed E-state index contributed by atoms with van der Waals surface area (Å²) >= 11 is 6.65. The molecule has 0 fully saturated rings. The van der Waals surface area contributed by atoms with Crippen molar-refractivity contribution in [2.75, 3.05) is 5.32 Å². The lowest BCUT2D eigenvalue weighted by Crippen LogP contribution is -2.03. The van der Waals surface area contributed by atoms with Gasteiger partial charge in [0, 0.05) is 14.6 Å². The fraction of sp³-hybridized carbons (Fsp3) is 0. The van der Waals surface area contributed by atoms with E-state index in [9.17, 15) is 10.1 Å². The van der Waals surface area contributed by atoms with Crippen molar-refractivity contribution in [1.82, 2.24) is 0 Å². The number of allylic oxidation sites excluding steroid dienone is 1. The molecule has 5 nitrogen and oxygen atoms in total. The normalized spacial score (nSPS) is 11.6. The largest absolute Gasteiger partial charge is 0.356 e. The fourth-order valence-electron chi connectivity index (χ4n) is 1.51. The minimum absolute atomic E-state index is 0.133. The van der Waals surface area contributed by atoms with Crippen molar-refractivity contribution >= 4 is 49.4 Å². The molecule has 0 aliphatic carbocycles. The molecule has 0 saturated heterocycles. The molecule has 1 N–H and O–H groups in total. The number of halogens is 2. The summed E-state index contributed by atoms with van der Waals surface area (Å²) in [6, 6.07) is 14.5. The molecule has 2 aromatic carbocycles. The summed E-state index contributed by atoms with van der Waals surface area (Å²) in [7, 11) is 0. The Kier molecular flexibility index (Phi) is 5.85. The first-order valence-electron chi connectivity index (χ1n) is 6.21. The zero-order valence-electron chi connectivity index (χ0n) is 11.2. The molecule has 2 rings (SSSR count). The molecule has 0 bridgehead atoms. The van der Waals surface area contributed by atoms with Gasteiger partial charge in [0.2, 0.25) is 0 Å². The molecule has 0 atom stereocenters. The molecule has 0 unspecified atom stereocenters. The van der Waals surface area contributed by atoms with Crippen LogP contribution in [0.3, 0.4) is 0 Å². The summed E-state index contributed by atoms with van der Waals surface area (Å²) in [4.78, 5) is 14.6. The summed E-state index contributed by atoms with van der Waals surface area (Å²) in [6.45, 7) is 0. The van der Waals surface area contributed by atoms with Gasteiger partial charge in [-0.1, -0.05) is 31.9 Å². The van der Waals surface area contributed by atoms with E-state index in [-0.39, 0.29) is 5.70 Å².